The summed E-state index contributed by atoms with van der Waals surface area (Å²) in [6, 6.07) is 5.11. The minimum atomic E-state index is -0.476. The normalized spacial score (nSPS) is 18.2. The Morgan fingerprint density at radius 3 is 2.83 bits per heavy atom. The van der Waals surface area contributed by atoms with E-state index in [1.165, 1.54) is 0 Å². The number of nitrogens with one attached hydrogen (secondary N) is 2. The summed E-state index contributed by atoms with van der Waals surface area (Å²) in [6.45, 7) is 1.78. The van der Waals surface area contributed by atoms with Crippen LogP contribution in [0.5, 0.6) is 11.5 Å². The van der Waals surface area contributed by atoms with Gasteiger partial charge in [0.2, 0.25) is 11.8 Å². The number of methoxy groups -OCH3 is 2. The van der Waals surface area contributed by atoms with Gasteiger partial charge in [0.1, 0.15) is 11.5 Å². The molecule has 23 heavy (non-hydrogen) atoms. The van der Waals surface area contributed by atoms with Crippen molar-refractivity contribution in [3.8, 4) is 11.5 Å². The molecule has 1 aromatic carbocycles. The number of piperazine rings is 1. The lowest BCUT2D eigenvalue weighted by Gasteiger charge is -2.34. The van der Waals surface area contributed by atoms with Crippen LogP contribution in [0.3, 0.4) is 0 Å². The molecule has 7 heteroatoms. The lowest BCUT2D eigenvalue weighted by molar-refractivity contribution is -0.134. The van der Waals surface area contributed by atoms with Crippen molar-refractivity contribution in [1.82, 2.24) is 15.5 Å². The molecule has 0 aromatic heterocycles. The van der Waals surface area contributed by atoms with Crippen molar-refractivity contribution in [1.29, 1.82) is 0 Å². The van der Waals surface area contributed by atoms with Crippen molar-refractivity contribution < 1.29 is 19.1 Å². The highest BCUT2D eigenvalue weighted by atomic mass is 16.5. The van der Waals surface area contributed by atoms with Gasteiger partial charge in [-0.1, -0.05) is 6.07 Å². The largest absolute Gasteiger partial charge is 0.497 e. The summed E-state index contributed by atoms with van der Waals surface area (Å²) >= 11 is 0. The molecule has 1 atom stereocenters. The zero-order chi connectivity index (χ0) is 16.8. The van der Waals surface area contributed by atoms with E-state index in [1.54, 1.807) is 21.3 Å². The zero-order valence-electron chi connectivity index (χ0n) is 13.7. The summed E-state index contributed by atoms with van der Waals surface area (Å²) in [5.41, 5.74) is 0.949. The summed E-state index contributed by atoms with van der Waals surface area (Å²) in [5.74, 6) is 1.14. The summed E-state index contributed by atoms with van der Waals surface area (Å²) in [5, 5.41) is 5.38. The third kappa shape index (κ3) is 4.13. The first-order chi connectivity index (χ1) is 11.1. The number of amides is 2. The second-order valence-corrected chi connectivity index (χ2v) is 5.33. The van der Waals surface area contributed by atoms with Crippen LogP contribution in [0.1, 0.15) is 12.0 Å². The molecule has 0 saturated carbocycles. The third-order valence-electron chi connectivity index (χ3n) is 3.97. The standard InChI is InChI=1S/C16H23N3O4/c1-17-15(20)9-13-16(21)18-6-7-19(13)10-11-4-5-12(22-2)8-14(11)23-3/h4-5,8,13H,6-7,9-10H2,1-3H3,(H,17,20)(H,18,21)/t13-/m0/s1. The number of nitrogens with zero attached hydrogens (tertiary/aromatic N) is 1. The Morgan fingerprint density at radius 1 is 1.39 bits per heavy atom. The van der Waals surface area contributed by atoms with Crippen LogP contribution < -0.4 is 20.1 Å². The van der Waals surface area contributed by atoms with Gasteiger partial charge in [-0.3, -0.25) is 14.5 Å². The van der Waals surface area contributed by atoms with E-state index >= 15 is 0 Å². The Bertz CT molecular complexity index is 576. The molecule has 0 bridgehead atoms. The molecule has 126 valence electrons. The van der Waals surface area contributed by atoms with Crippen molar-refractivity contribution in [3.05, 3.63) is 23.8 Å². The van der Waals surface area contributed by atoms with E-state index in [1.807, 2.05) is 23.1 Å². The fourth-order valence-electron chi connectivity index (χ4n) is 2.65. The maximum Gasteiger partial charge on any atom is 0.237 e. The van der Waals surface area contributed by atoms with E-state index in [-0.39, 0.29) is 18.2 Å². The highest BCUT2D eigenvalue weighted by Crippen LogP contribution is 2.27. The molecule has 1 heterocycles. The van der Waals surface area contributed by atoms with Crippen molar-refractivity contribution in [3.63, 3.8) is 0 Å². The van der Waals surface area contributed by atoms with Crippen LogP contribution in [0.25, 0.3) is 0 Å². The average molecular weight is 321 g/mol. The number of hydrogen-bond acceptors (Lipinski definition) is 5. The molecule has 7 nitrogen and oxygen atoms in total. The number of carbonyl (C=O) groups excluding carboxylic acids is 2. The smallest absolute Gasteiger partial charge is 0.237 e. The van der Waals surface area contributed by atoms with Crippen LogP contribution in [0.15, 0.2) is 18.2 Å². The number of carbonyl (C=O) groups is 2. The second kappa shape index (κ2) is 7.82. The van der Waals surface area contributed by atoms with Gasteiger partial charge in [0.15, 0.2) is 0 Å². The van der Waals surface area contributed by atoms with Crippen molar-refractivity contribution in [2.24, 2.45) is 0 Å². The third-order valence-corrected chi connectivity index (χ3v) is 3.97. The fraction of sp³-hybridized carbons (Fsp3) is 0.500. The Labute approximate surface area is 135 Å². The highest BCUT2D eigenvalue weighted by molar-refractivity contribution is 5.88. The van der Waals surface area contributed by atoms with Gasteiger partial charge >= 0.3 is 0 Å². The van der Waals surface area contributed by atoms with Crippen LogP contribution in [0, 0.1) is 0 Å². The first-order valence-electron chi connectivity index (χ1n) is 7.52. The summed E-state index contributed by atoms with van der Waals surface area (Å²) in [6.07, 6.45) is 0.140. The summed E-state index contributed by atoms with van der Waals surface area (Å²) < 4.78 is 10.6. The Kier molecular flexibility index (Phi) is 5.81. The van der Waals surface area contributed by atoms with E-state index in [0.29, 0.717) is 31.1 Å². The molecule has 2 rings (SSSR count). The summed E-state index contributed by atoms with van der Waals surface area (Å²) in [7, 11) is 4.77. The van der Waals surface area contributed by atoms with Gasteiger partial charge in [-0.15, -0.1) is 0 Å². The lowest BCUT2D eigenvalue weighted by Crippen LogP contribution is -2.56. The number of hydrogen-bond donors (Lipinski definition) is 2. The maximum atomic E-state index is 12.1. The SMILES string of the molecule is CNC(=O)C[C@H]1C(=O)NCCN1Cc1ccc(OC)cc1OC. The molecule has 1 saturated heterocycles. The van der Waals surface area contributed by atoms with E-state index in [9.17, 15) is 9.59 Å². The van der Waals surface area contributed by atoms with Crippen molar-refractivity contribution in [2.45, 2.75) is 19.0 Å². The van der Waals surface area contributed by atoms with Gasteiger partial charge in [0.05, 0.1) is 26.7 Å². The Hall–Kier alpha value is -2.28. The van der Waals surface area contributed by atoms with Crippen LogP contribution >= 0.6 is 0 Å². The molecule has 0 unspecified atom stereocenters. The van der Waals surface area contributed by atoms with Gasteiger partial charge in [0.25, 0.3) is 0 Å². The molecule has 1 aliphatic rings. The first-order valence-corrected chi connectivity index (χ1v) is 7.52. The predicted molar refractivity (Wildman–Crippen MR) is 85.4 cm³/mol. The average Bonchev–Trinajstić information content (AvgIpc) is 2.58. The monoisotopic (exact) mass is 321 g/mol. The molecule has 0 radical (unpaired) electrons. The molecular formula is C16H23N3O4. The van der Waals surface area contributed by atoms with Crippen LogP contribution in [0.4, 0.5) is 0 Å². The second-order valence-electron chi connectivity index (χ2n) is 5.33. The number of ether oxygens (including phenoxy) is 2. The van der Waals surface area contributed by atoms with Gasteiger partial charge in [-0.05, 0) is 6.07 Å². The number of rotatable bonds is 6. The lowest BCUT2D eigenvalue weighted by atomic mass is 10.1. The molecule has 2 amide bonds. The zero-order valence-corrected chi connectivity index (χ0v) is 13.7. The van der Waals surface area contributed by atoms with E-state index < -0.39 is 6.04 Å². The molecule has 1 aromatic rings. The molecular weight excluding hydrogens is 298 g/mol. The Morgan fingerprint density at radius 2 is 2.17 bits per heavy atom. The molecule has 2 N–H and O–H groups in total. The van der Waals surface area contributed by atoms with E-state index in [0.717, 1.165) is 5.56 Å². The van der Waals surface area contributed by atoms with Crippen LogP contribution in [0.2, 0.25) is 0 Å². The fourth-order valence-corrected chi connectivity index (χ4v) is 2.65. The molecule has 0 spiro atoms. The minimum absolute atomic E-state index is 0.118. The molecule has 1 aliphatic heterocycles. The van der Waals surface area contributed by atoms with Crippen LogP contribution in [-0.4, -0.2) is 57.1 Å². The topological polar surface area (TPSA) is 79.9 Å². The van der Waals surface area contributed by atoms with Gasteiger partial charge in [0, 0.05) is 38.3 Å². The first kappa shape index (κ1) is 17.1. The van der Waals surface area contributed by atoms with E-state index in [4.69, 9.17) is 9.47 Å². The van der Waals surface area contributed by atoms with Crippen molar-refractivity contribution in [2.75, 3.05) is 34.4 Å². The predicted octanol–water partition coefficient (Wildman–Crippen LogP) is 0.140. The van der Waals surface area contributed by atoms with Crippen molar-refractivity contribution >= 4 is 11.8 Å². The maximum absolute atomic E-state index is 12.1. The van der Waals surface area contributed by atoms with E-state index in [2.05, 4.69) is 10.6 Å². The Balaban J connectivity index is 2.18. The van der Waals surface area contributed by atoms with Gasteiger partial charge < -0.3 is 20.1 Å². The molecule has 1 fully saturated rings. The molecule has 0 aliphatic carbocycles. The minimum Gasteiger partial charge on any atom is -0.497 e. The number of benzene rings is 1. The van der Waals surface area contributed by atoms with Gasteiger partial charge in [-0.2, -0.15) is 0 Å². The quantitative estimate of drug-likeness (QED) is 0.779. The van der Waals surface area contributed by atoms with Crippen LogP contribution in [-0.2, 0) is 16.1 Å². The highest BCUT2D eigenvalue weighted by Gasteiger charge is 2.31. The summed E-state index contributed by atoms with van der Waals surface area (Å²) in [4.78, 5) is 25.8. The van der Waals surface area contributed by atoms with Gasteiger partial charge in [-0.25, -0.2) is 0 Å².